The molecular formula is C19H21N3O2. The second kappa shape index (κ2) is 7.17. The van der Waals surface area contributed by atoms with Gasteiger partial charge in [-0.25, -0.2) is 0 Å². The van der Waals surface area contributed by atoms with E-state index in [4.69, 9.17) is 0 Å². The van der Waals surface area contributed by atoms with Crippen LogP contribution in [-0.2, 0) is 16.0 Å². The van der Waals surface area contributed by atoms with Crippen molar-refractivity contribution in [3.05, 3.63) is 60.2 Å². The van der Waals surface area contributed by atoms with Gasteiger partial charge in [-0.15, -0.1) is 0 Å². The van der Waals surface area contributed by atoms with Crippen molar-refractivity contribution in [3.63, 3.8) is 0 Å². The molecule has 0 aromatic heterocycles. The third-order valence-electron chi connectivity index (χ3n) is 4.27. The van der Waals surface area contributed by atoms with Crippen molar-refractivity contribution in [1.82, 2.24) is 5.43 Å². The fourth-order valence-corrected chi connectivity index (χ4v) is 2.91. The molecule has 0 fully saturated rings. The molecule has 0 spiro atoms. The van der Waals surface area contributed by atoms with Crippen LogP contribution in [0.3, 0.4) is 0 Å². The Balaban J connectivity index is 1.52. The summed E-state index contributed by atoms with van der Waals surface area (Å²) < 4.78 is 0. The fraction of sp³-hybridized carbons (Fsp3) is 0.263. The molecule has 1 aliphatic rings. The maximum Gasteiger partial charge on any atom is 0.238 e. The van der Waals surface area contributed by atoms with Crippen molar-refractivity contribution in [3.8, 4) is 0 Å². The third kappa shape index (κ3) is 3.74. The lowest BCUT2D eigenvalue weighted by Gasteiger charge is -2.25. The number of nitrogens with one attached hydrogen (secondary N) is 2. The normalized spacial score (nSPS) is 16.0. The van der Waals surface area contributed by atoms with Gasteiger partial charge < -0.3 is 5.32 Å². The van der Waals surface area contributed by atoms with Crippen LogP contribution < -0.4 is 15.8 Å². The molecule has 0 bridgehead atoms. The molecule has 2 N–H and O–H groups in total. The summed E-state index contributed by atoms with van der Waals surface area (Å²) in [6, 6.07) is 17.4. The van der Waals surface area contributed by atoms with Crippen molar-refractivity contribution in [2.75, 3.05) is 17.4 Å². The molecule has 1 aliphatic heterocycles. The number of hydrogen-bond donors (Lipinski definition) is 2. The highest BCUT2D eigenvalue weighted by Gasteiger charge is 2.26. The first-order valence-electron chi connectivity index (χ1n) is 8.10. The SMILES string of the molecule is CN(NC(=O)CC[C@H]1Cc2ccccc2NC1=O)c1ccccc1. The van der Waals surface area contributed by atoms with Crippen LogP contribution in [0.4, 0.5) is 11.4 Å². The Kier molecular flexibility index (Phi) is 4.79. The van der Waals surface area contributed by atoms with E-state index in [1.54, 1.807) is 12.1 Å². The largest absolute Gasteiger partial charge is 0.326 e. The maximum atomic E-state index is 12.2. The van der Waals surface area contributed by atoms with Gasteiger partial charge in [0.25, 0.3) is 0 Å². The number of carbonyl (C=O) groups excluding carboxylic acids is 2. The van der Waals surface area contributed by atoms with Crippen molar-refractivity contribution >= 4 is 23.2 Å². The number of rotatable bonds is 5. The number of fused-ring (bicyclic) bond motifs is 1. The molecule has 0 aliphatic carbocycles. The Bertz CT molecular complexity index is 730. The van der Waals surface area contributed by atoms with Gasteiger partial charge in [-0.2, -0.15) is 0 Å². The predicted octanol–water partition coefficient (Wildman–Crippen LogP) is 2.75. The minimum atomic E-state index is -0.160. The zero-order chi connectivity index (χ0) is 16.9. The molecule has 2 amide bonds. The summed E-state index contributed by atoms with van der Waals surface area (Å²) in [6.07, 6.45) is 1.54. The summed E-state index contributed by atoms with van der Waals surface area (Å²) in [5.74, 6) is -0.251. The van der Waals surface area contributed by atoms with Gasteiger partial charge in [0, 0.05) is 25.1 Å². The number of benzene rings is 2. The minimum absolute atomic E-state index is 0.00193. The second-order valence-electron chi connectivity index (χ2n) is 6.02. The molecule has 2 aromatic rings. The van der Waals surface area contributed by atoms with Crippen LogP contribution >= 0.6 is 0 Å². The average molecular weight is 323 g/mol. The van der Waals surface area contributed by atoms with Gasteiger partial charge in [-0.3, -0.25) is 20.0 Å². The Morgan fingerprint density at radius 1 is 1.17 bits per heavy atom. The smallest absolute Gasteiger partial charge is 0.238 e. The summed E-state index contributed by atoms with van der Waals surface area (Å²) in [7, 11) is 1.80. The first kappa shape index (κ1) is 16.1. The summed E-state index contributed by atoms with van der Waals surface area (Å²) in [6.45, 7) is 0. The predicted molar refractivity (Wildman–Crippen MR) is 94.5 cm³/mol. The second-order valence-corrected chi connectivity index (χ2v) is 6.02. The van der Waals surface area contributed by atoms with Gasteiger partial charge in [0.1, 0.15) is 0 Å². The lowest BCUT2D eigenvalue weighted by Crippen LogP contribution is -2.40. The number of nitrogens with zero attached hydrogens (tertiary/aromatic N) is 1. The highest BCUT2D eigenvalue weighted by Crippen LogP contribution is 2.27. The lowest BCUT2D eigenvalue weighted by atomic mass is 9.89. The highest BCUT2D eigenvalue weighted by atomic mass is 16.2. The number of hydrazine groups is 1. The summed E-state index contributed by atoms with van der Waals surface area (Å²) in [5.41, 5.74) is 5.75. The van der Waals surface area contributed by atoms with Crippen LogP contribution in [-0.4, -0.2) is 18.9 Å². The van der Waals surface area contributed by atoms with E-state index < -0.39 is 0 Å². The topological polar surface area (TPSA) is 61.4 Å². The van der Waals surface area contributed by atoms with Crippen LogP contribution in [0.15, 0.2) is 54.6 Å². The molecule has 2 aromatic carbocycles. The van der Waals surface area contributed by atoms with E-state index in [0.29, 0.717) is 19.3 Å². The minimum Gasteiger partial charge on any atom is -0.326 e. The molecule has 1 heterocycles. The van der Waals surface area contributed by atoms with E-state index in [-0.39, 0.29) is 17.7 Å². The summed E-state index contributed by atoms with van der Waals surface area (Å²) in [4.78, 5) is 24.3. The first-order chi connectivity index (χ1) is 11.6. The highest BCUT2D eigenvalue weighted by molar-refractivity contribution is 5.96. The van der Waals surface area contributed by atoms with E-state index >= 15 is 0 Å². The van der Waals surface area contributed by atoms with Crippen LogP contribution in [0.2, 0.25) is 0 Å². The summed E-state index contributed by atoms with van der Waals surface area (Å²) >= 11 is 0. The van der Waals surface area contributed by atoms with Crippen molar-refractivity contribution in [1.29, 1.82) is 0 Å². The van der Waals surface area contributed by atoms with E-state index in [9.17, 15) is 9.59 Å². The van der Waals surface area contributed by atoms with Crippen LogP contribution in [0.1, 0.15) is 18.4 Å². The zero-order valence-corrected chi connectivity index (χ0v) is 13.7. The standard InChI is InChI=1S/C19H21N3O2/c1-22(16-8-3-2-4-9-16)21-18(23)12-11-15-13-14-7-5-6-10-17(14)20-19(15)24/h2-10,15H,11-13H2,1H3,(H,20,24)(H,21,23)/t15-/m0/s1. The quantitative estimate of drug-likeness (QED) is 0.832. The molecule has 24 heavy (non-hydrogen) atoms. The van der Waals surface area contributed by atoms with Crippen LogP contribution in [0.5, 0.6) is 0 Å². The molecule has 5 heteroatoms. The average Bonchev–Trinajstić information content (AvgIpc) is 2.60. The molecule has 0 saturated heterocycles. The molecule has 0 saturated carbocycles. The van der Waals surface area contributed by atoms with Crippen molar-refractivity contribution < 1.29 is 9.59 Å². The number of hydrogen-bond acceptors (Lipinski definition) is 3. The summed E-state index contributed by atoms with van der Waals surface area (Å²) in [5, 5.41) is 4.61. The van der Waals surface area contributed by atoms with Gasteiger partial charge in [-0.1, -0.05) is 36.4 Å². The number of anilines is 2. The molecule has 124 valence electrons. The Hall–Kier alpha value is -2.82. The van der Waals surface area contributed by atoms with Crippen molar-refractivity contribution in [2.24, 2.45) is 5.92 Å². The van der Waals surface area contributed by atoms with E-state index in [1.165, 1.54) is 0 Å². The van der Waals surface area contributed by atoms with Gasteiger partial charge in [0.15, 0.2) is 0 Å². The molecule has 1 atom stereocenters. The van der Waals surface area contributed by atoms with Gasteiger partial charge in [-0.05, 0) is 36.6 Å². The lowest BCUT2D eigenvalue weighted by molar-refractivity contribution is -0.122. The maximum absolute atomic E-state index is 12.2. The van der Waals surface area contributed by atoms with Crippen molar-refractivity contribution in [2.45, 2.75) is 19.3 Å². The zero-order valence-electron chi connectivity index (χ0n) is 13.7. The van der Waals surface area contributed by atoms with Gasteiger partial charge in [0.05, 0.1) is 5.69 Å². The number of amides is 2. The fourth-order valence-electron chi connectivity index (χ4n) is 2.91. The van der Waals surface area contributed by atoms with Gasteiger partial charge in [0.2, 0.25) is 11.8 Å². The molecule has 5 nitrogen and oxygen atoms in total. The number of carbonyl (C=O) groups is 2. The molecular weight excluding hydrogens is 302 g/mol. The van der Waals surface area contributed by atoms with E-state index in [2.05, 4.69) is 10.7 Å². The van der Waals surface area contributed by atoms with Gasteiger partial charge >= 0.3 is 0 Å². The molecule has 3 rings (SSSR count). The van der Waals surface area contributed by atoms with E-state index in [0.717, 1.165) is 16.9 Å². The van der Waals surface area contributed by atoms with E-state index in [1.807, 2.05) is 54.6 Å². The first-order valence-corrected chi connectivity index (χ1v) is 8.10. The number of para-hydroxylation sites is 2. The monoisotopic (exact) mass is 323 g/mol. The molecule has 0 unspecified atom stereocenters. The van der Waals surface area contributed by atoms with Crippen LogP contribution in [0.25, 0.3) is 0 Å². The Morgan fingerprint density at radius 2 is 1.88 bits per heavy atom. The Morgan fingerprint density at radius 3 is 2.67 bits per heavy atom. The third-order valence-corrected chi connectivity index (χ3v) is 4.27. The Labute approximate surface area is 141 Å². The van der Waals surface area contributed by atoms with Crippen LogP contribution in [0, 0.1) is 5.92 Å². The molecule has 0 radical (unpaired) electrons.